The van der Waals surface area contributed by atoms with E-state index in [9.17, 15) is 14.0 Å². The molecule has 0 bridgehead atoms. The molecule has 2 aromatic carbocycles. The number of ketones is 1. The highest BCUT2D eigenvalue weighted by Gasteiger charge is 2.44. The van der Waals surface area contributed by atoms with Crippen molar-refractivity contribution in [3.8, 4) is 0 Å². The van der Waals surface area contributed by atoms with E-state index in [-0.39, 0.29) is 17.1 Å². The second-order valence-electron chi connectivity index (χ2n) is 9.08. The third-order valence-corrected chi connectivity index (χ3v) is 6.02. The standard InChI is InChI=1S/C26H23FN2O3/c1-26(2)14-19-23(21(30)15-26)24(22-8-5-13-32-22)29(20-7-4-3-6-18(20)28-19)25(31)16-9-11-17(27)12-10-16/h3-13,24,28H,14-15H2,1-2H3. The van der Waals surface area contributed by atoms with Crippen molar-refractivity contribution in [1.82, 2.24) is 0 Å². The third-order valence-electron chi connectivity index (χ3n) is 6.02. The number of para-hydroxylation sites is 2. The molecule has 2 aliphatic rings. The summed E-state index contributed by atoms with van der Waals surface area (Å²) in [6, 6.07) is 15.7. The minimum Gasteiger partial charge on any atom is -0.467 e. The van der Waals surface area contributed by atoms with Crippen LogP contribution in [0.15, 0.2) is 82.6 Å². The Hall–Kier alpha value is -3.67. The summed E-state index contributed by atoms with van der Waals surface area (Å²) in [6.07, 6.45) is 2.58. The summed E-state index contributed by atoms with van der Waals surface area (Å²) < 4.78 is 19.3. The number of halogens is 1. The van der Waals surface area contributed by atoms with Gasteiger partial charge in [-0.25, -0.2) is 4.39 Å². The molecule has 3 aromatic rings. The van der Waals surface area contributed by atoms with E-state index in [2.05, 4.69) is 19.2 Å². The van der Waals surface area contributed by atoms with Gasteiger partial charge < -0.3 is 9.73 Å². The lowest BCUT2D eigenvalue weighted by Crippen LogP contribution is -2.39. The number of carbonyl (C=O) groups is 2. The molecule has 6 heteroatoms. The number of benzene rings is 2. The molecule has 5 rings (SSSR count). The Balaban J connectivity index is 1.76. The number of amides is 1. The number of carbonyl (C=O) groups excluding carboxylic acids is 2. The molecule has 0 spiro atoms. The van der Waals surface area contributed by atoms with E-state index in [0.29, 0.717) is 35.4 Å². The lowest BCUT2D eigenvalue weighted by molar-refractivity contribution is -0.118. The average molecular weight is 430 g/mol. The van der Waals surface area contributed by atoms with E-state index >= 15 is 0 Å². The first-order chi connectivity index (χ1) is 15.3. The van der Waals surface area contributed by atoms with Crippen molar-refractivity contribution in [3.63, 3.8) is 0 Å². The summed E-state index contributed by atoms with van der Waals surface area (Å²) >= 11 is 0. The van der Waals surface area contributed by atoms with Gasteiger partial charge in [-0.1, -0.05) is 26.0 Å². The lowest BCUT2D eigenvalue weighted by Gasteiger charge is -2.36. The molecule has 32 heavy (non-hydrogen) atoms. The maximum absolute atomic E-state index is 13.8. The quantitative estimate of drug-likeness (QED) is 0.552. The van der Waals surface area contributed by atoms with Crippen LogP contribution < -0.4 is 10.2 Å². The minimum absolute atomic E-state index is 0.0186. The Kier molecular flexibility index (Phi) is 4.73. The van der Waals surface area contributed by atoms with E-state index in [1.165, 1.54) is 30.5 Å². The molecule has 0 saturated heterocycles. The van der Waals surface area contributed by atoms with Crippen LogP contribution in [0.3, 0.4) is 0 Å². The van der Waals surface area contributed by atoms with Gasteiger partial charge in [-0.05, 0) is 60.4 Å². The molecule has 1 aliphatic carbocycles. The summed E-state index contributed by atoms with van der Waals surface area (Å²) in [6.45, 7) is 4.13. The number of anilines is 2. The van der Waals surface area contributed by atoms with Crippen LogP contribution in [0, 0.1) is 11.2 Å². The second kappa shape index (κ2) is 7.48. The molecular formula is C26H23FN2O3. The van der Waals surface area contributed by atoms with Crippen molar-refractivity contribution in [2.24, 2.45) is 5.41 Å². The van der Waals surface area contributed by atoms with Crippen molar-refractivity contribution in [2.45, 2.75) is 32.7 Å². The zero-order chi connectivity index (χ0) is 22.5. The molecule has 5 nitrogen and oxygen atoms in total. The van der Waals surface area contributed by atoms with Gasteiger partial charge in [-0.15, -0.1) is 0 Å². The van der Waals surface area contributed by atoms with Gasteiger partial charge >= 0.3 is 0 Å². The Morgan fingerprint density at radius 1 is 1.06 bits per heavy atom. The maximum atomic E-state index is 13.8. The number of hydrogen-bond acceptors (Lipinski definition) is 4. The second-order valence-corrected chi connectivity index (χ2v) is 9.08. The van der Waals surface area contributed by atoms with Crippen LogP contribution in [0.1, 0.15) is 48.8 Å². The molecule has 1 amide bonds. The predicted octanol–water partition coefficient (Wildman–Crippen LogP) is 5.88. The molecule has 162 valence electrons. The van der Waals surface area contributed by atoms with Gasteiger partial charge in [-0.3, -0.25) is 14.5 Å². The molecule has 1 aliphatic heterocycles. The third kappa shape index (κ3) is 3.42. The van der Waals surface area contributed by atoms with Crippen LogP contribution in [0.25, 0.3) is 0 Å². The largest absolute Gasteiger partial charge is 0.467 e. The van der Waals surface area contributed by atoms with Crippen molar-refractivity contribution in [3.05, 3.63) is 95.3 Å². The van der Waals surface area contributed by atoms with Gasteiger partial charge in [0, 0.05) is 23.3 Å². The summed E-state index contributed by atoms with van der Waals surface area (Å²) in [4.78, 5) is 28.9. The van der Waals surface area contributed by atoms with Crippen molar-refractivity contribution < 1.29 is 18.4 Å². The molecule has 0 fully saturated rings. The van der Waals surface area contributed by atoms with Crippen LogP contribution >= 0.6 is 0 Å². The minimum atomic E-state index is -0.739. The Morgan fingerprint density at radius 3 is 2.53 bits per heavy atom. The fourth-order valence-electron chi connectivity index (χ4n) is 4.66. The monoisotopic (exact) mass is 430 g/mol. The van der Waals surface area contributed by atoms with Crippen molar-refractivity contribution in [1.29, 1.82) is 0 Å². The smallest absolute Gasteiger partial charge is 0.259 e. The zero-order valence-electron chi connectivity index (χ0n) is 17.9. The highest BCUT2D eigenvalue weighted by Crippen LogP contribution is 2.48. The van der Waals surface area contributed by atoms with Crippen LogP contribution in [0.2, 0.25) is 0 Å². The SMILES string of the molecule is CC1(C)CC(=O)C2=C(C1)Nc1ccccc1N(C(=O)c1ccc(F)cc1)C2c1ccco1. The van der Waals surface area contributed by atoms with E-state index in [1.54, 1.807) is 17.0 Å². The summed E-state index contributed by atoms with van der Waals surface area (Å²) in [5, 5.41) is 3.45. The summed E-state index contributed by atoms with van der Waals surface area (Å²) in [7, 11) is 0. The Morgan fingerprint density at radius 2 is 1.81 bits per heavy atom. The van der Waals surface area contributed by atoms with Gasteiger partial charge in [0.2, 0.25) is 0 Å². The molecule has 1 N–H and O–H groups in total. The van der Waals surface area contributed by atoms with Gasteiger partial charge in [0.25, 0.3) is 5.91 Å². The topological polar surface area (TPSA) is 62.6 Å². The van der Waals surface area contributed by atoms with Gasteiger partial charge in [0.15, 0.2) is 5.78 Å². The van der Waals surface area contributed by atoms with Gasteiger partial charge in [0.05, 0.1) is 17.6 Å². The highest BCUT2D eigenvalue weighted by atomic mass is 19.1. The lowest BCUT2D eigenvalue weighted by atomic mass is 9.74. The number of nitrogens with zero attached hydrogens (tertiary/aromatic N) is 1. The first kappa shape index (κ1) is 20.2. The fourth-order valence-corrected chi connectivity index (χ4v) is 4.66. The van der Waals surface area contributed by atoms with Crippen molar-refractivity contribution in [2.75, 3.05) is 10.2 Å². The number of Topliss-reactive ketones (excluding diaryl/α,β-unsaturated/α-hetero) is 1. The molecule has 2 heterocycles. The van der Waals surface area contributed by atoms with E-state index in [0.717, 1.165) is 11.4 Å². The molecular weight excluding hydrogens is 407 g/mol. The first-order valence-electron chi connectivity index (χ1n) is 10.6. The maximum Gasteiger partial charge on any atom is 0.259 e. The normalized spacial score (nSPS) is 19.7. The number of fused-ring (bicyclic) bond motifs is 1. The van der Waals surface area contributed by atoms with Gasteiger partial charge in [0.1, 0.15) is 17.6 Å². The van der Waals surface area contributed by atoms with Crippen LogP contribution in [0.5, 0.6) is 0 Å². The number of allylic oxidation sites excluding steroid dienone is 1. The number of hydrogen-bond donors (Lipinski definition) is 1. The van der Waals surface area contributed by atoms with E-state index in [1.807, 2.05) is 24.3 Å². The zero-order valence-corrected chi connectivity index (χ0v) is 17.9. The van der Waals surface area contributed by atoms with Gasteiger partial charge in [-0.2, -0.15) is 0 Å². The molecule has 0 radical (unpaired) electrons. The van der Waals surface area contributed by atoms with Crippen molar-refractivity contribution >= 4 is 23.1 Å². The van der Waals surface area contributed by atoms with E-state index < -0.39 is 11.9 Å². The molecule has 1 aromatic heterocycles. The molecule has 1 atom stereocenters. The summed E-state index contributed by atoms with van der Waals surface area (Å²) in [5.74, 6) is -0.279. The van der Waals surface area contributed by atoms with E-state index in [4.69, 9.17) is 4.42 Å². The van der Waals surface area contributed by atoms with Crippen LogP contribution in [-0.2, 0) is 4.79 Å². The first-order valence-corrected chi connectivity index (χ1v) is 10.6. The Labute approximate surface area is 185 Å². The Bertz CT molecular complexity index is 1230. The molecule has 0 saturated carbocycles. The fraction of sp³-hybridized carbons (Fsp3) is 0.231. The van der Waals surface area contributed by atoms with Crippen LogP contribution in [-0.4, -0.2) is 11.7 Å². The number of nitrogens with one attached hydrogen (secondary N) is 1. The summed E-state index contributed by atoms with van der Waals surface area (Å²) in [5.41, 5.74) is 2.81. The average Bonchev–Trinajstić information content (AvgIpc) is 3.23. The number of rotatable bonds is 2. The van der Waals surface area contributed by atoms with Crippen LogP contribution in [0.4, 0.5) is 15.8 Å². The molecule has 1 unspecified atom stereocenters. The highest BCUT2D eigenvalue weighted by molar-refractivity contribution is 6.11. The number of furan rings is 1. The predicted molar refractivity (Wildman–Crippen MR) is 120 cm³/mol.